The monoisotopic (exact) mass is 489 g/mol. The van der Waals surface area contributed by atoms with Gasteiger partial charge in [0.15, 0.2) is 11.5 Å². The molecule has 3 N–H and O–H groups in total. The summed E-state index contributed by atoms with van der Waals surface area (Å²) in [5.41, 5.74) is 1.01. The summed E-state index contributed by atoms with van der Waals surface area (Å²) in [4.78, 5) is 25.0. The van der Waals surface area contributed by atoms with Gasteiger partial charge in [0.1, 0.15) is 0 Å². The van der Waals surface area contributed by atoms with Crippen molar-refractivity contribution < 1.29 is 27.5 Å². The Kier molecular flexibility index (Phi) is 8.04. The second kappa shape index (κ2) is 10.9. The van der Waals surface area contributed by atoms with E-state index in [1.165, 1.54) is 43.8 Å². The van der Waals surface area contributed by atoms with Gasteiger partial charge in [-0.1, -0.05) is 12.1 Å². The quantitative estimate of drug-likeness (QED) is 0.402. The molecule has 3 aromatic rings. The summed E-state index contributed by atoms with van der Waals surface area (Å²) in [6, 6.07) is 14.4. The Labute approximate surface area is 195 Å². The Morgan fingerprint density at radius 2 is 1.64 bits per heavy atom. The van der Waals surface area contributed by atoms with Gasteiger partial charge in [-0.2, -0.15) is 0 Å². The van der Waals surface area contributed by atoms with Crippen LogP contribution in [0.2, 0.25) is 0 Å². The largest absolute Gasteiger partial charge is 0.493 e. The minimum Gasteiger partial charge on any atom is -0.493 e. The molecule has 2 amide bonds. The van der Waals surface area contributed by atoms with E-state index >= 15 is 0 Å². The summed E-state index contributed by atoms with van der Waals surface area (Å²) in [6.45, 7) is -0.0999. The maximum absolute atomic E-state index is 12.5. The SMILES string of the molecule is COc1ccc(S(=O)(=O)NCCC(=O)Nc2cccc(NC(=O)c3cccs3)c2)cc1OC. The lowest BCUT2D eigenvalue weighted by Gasteiger charge is -2.11. The summed E-state index contributed by atoms with van der Waals surface area (Å²) in [7, 11) is -0.974. The van der Waals surface area contributed by atoms with E-state index in [4.69, 9.17) is 9.47 Å². The zero-order valence-electron chi connectivity index (χ0n) is 18.0. The van der Waals surface area contributed by atoms with Crippen LogP contribution in [0.25, 0.3) is 0 Å². The first-order chi connectivity index (χ1) is 15.8. The van der Waals surface area contributed by atoms with E-state index in [0.717, 1.165) is 0 Å². The molecule has 33 heavy (non-hydrogen) atoms. The number of hydrogen-bond donors (Lipinski definition) is 3. The Balaban J connectivity index is 1.54. The topological polar surface area (TPSA) is 123 Å². The molecule has 3 rings (SSSR count). The van der Waals surface area contributed by atoms with Crippen molar-refractivity contribution in [1.82, 2.24) is 4.72 Å². The second-order valence-electron chi connectivity index (χ2n) is 6.72. The van der Waals surface area contributed by atoms with E-state index < -0.39 is 10.0 Å². The highest BCUT2D eigenvalue weighted by atomic mass is 32.2. The number of amides is 2. The smallest absolute Gasteiger partial charge is 0.265 e. The number of benzene rings is 2. The third-order valence-corrected chi connectivity index (χ3v) is 6.79. The van der Waals surface area contributed by atoms with Crippen molar-refractivity contribution in [2.24, 2.45) is 0 Å². The van der Waals surface area contributed by atoms with Gasteiger partial charge in [-0.3, -0.25) is 9.59 Å². The maximum atomic E-state index is 12.5. The van der Waals surface area contributed by atoms with Crippen LogP contribution < -0.4 is 24.8 Å². The number of anilines is 2. The average molecular weight is 490 g/mol. The summed E-state index contributed by atoms with van der Waals surface area (Å²) < 4.78 is 37.6. The van der Waals surface area contributed by atoms with E-state index in [1.807, 2.05) is 5.38 Å². The van der Waals surface area contributed by atoms with Gasteiger partial charge in [0.2, 0.25) is 15.9 Å². The lowest BCUT2D eigenvalue weighted by Crippen LogP contribution is -2.28. The van der Waals surface area contributed by atoms with E-state index in [9.17, 15) is 18.0 Å². The molecule has 0 bridgehead atoms. The van der Waals surface area contributed by atoms with Gasteiger partial charge in [-0.15, -0.1) is 11.3 Å². The Morgan fingerprint density at radius 1 is 0.909 bits per heavy atom. The van der Waals surface area contributed by atoms with Crippen LogP contribution in [0.1, 0.15) is 16.1 Å². The van der Waals surface area contributed by atoms with Crippen LogP contribution in [0.3, 0.4) is 0 Å². The Hall–Kier alpha value is -3.41. The molecular weight excluding hydrogens is 466 g/mol. The highest BCUT2D eigenvalue weighted by Gasteiger charge is 2.17. The van der Waals surface area contributed by atoms with Crippen molar-refractivity contribution in [1.29, 1.82) is 0 Å². The zero-order valence-corrected chi connectivity index (χ0v) is 19.6. The van der Waals surface area contributed by atoms with Crippen LogP contribution in [-0.4, -0.2) is 41.0 Å². The fourth-order valence-electron chi connectivity index (χ4n) is 2.86. The molecule has 0 spiro atoms. The van der Waals surface area contributed by atoms with Gasteiger partial charge in [0.25, 0.3) is 5.91 Å². The standard InChI is InChI=1S/C22H23N3O6S2/c1-30-18-9-8-17(14-19(18)31-2)33(28,29)23-11-10-21(26)24-15-5-3-6-16(13-15)25-22(27)20-7-4-12-32-20/h3-9,12-14,23H,10-11H2,1-2H3,(H,24,26)(H,25,27). The summed E-state index contributed by atoms with van der Waals surface area (Å²) in [5.74, 6) is 0.0681. The summed E-state index contributed by atoms with van der Waals surface area (Å²) >= 11 is 1.33. The minimum absolute atomic E-state index is 0.00487. The molecule has 1 heterocycles. The number of methoxy groups -OCH3 is 2. The van der Waals surface area contributed by atoms with Gasteiger partial charge in [0, 0.05) is 30.4 Å². The average Bonchev–Trinajstić information content (AvgIpc) is 3.34. The second-order valence-corrected chi connectivity index (χ2v) is 9.44. The number of hydrogen-bond acceptors (Lipinski definition) is 7. The molecular formula is C22H23N3O6S2. The number of sulfonamides is 1. The van der Waals surface area contributed by atoms with Crippen molar-refractivity contribution in [2.45, 2.75) is 11.3 Å². The van der Waals surface area contributed by atoms with E-state index in [0.29, 0.717) is 22.0 Å². The molecule has 11 heteroatoms. The fourth-order valence-corrected chi connectivity index (χ4v) is 4.53. The predicted octanol–water partition coefficient (Wildman–Crippen LogP) is 3.32. The van der Waals surface area contributed by atoms with E-state index in [-0.39, 0.29) is 35.4 Å². The molecule has 0 atom stereocenters. The van der Waals surface area contributed by atoms with Crippen LogP contribution >= 0.6 is 11.3 Å². The molecule has 0 unspecified atom stereocenters. The lowest BCUT2D eigenvalue weighted by atomic mass is 10.2. The number of thiophene rings is 1. The summed E-state index contributed by atoms with van der Waals surface area (Å²) in [5, 5.41) is 7.27. The van der Waals surface area contributed by atoms with Crippen molar-refractivity contribution in [3.63, 3.8) is 0 Å². The third-order valence-electron chi connectivity index (χ3n) is 4.46. The van der Waals surface area contributed by atoms with Crippen molar-refractivity contribution in [3.8, 4) is 11.5 Å². The van der Waals surface area contributed by atoms with Gasteiger partial charge >= 0.3 is 0 Å². The zero-order chi connectivity index (χ0) is 23.8. The number of nitrogens with one attached hydrogen (secondary N) is 3. The number of rotatable bonds is 10. The first-order valence-corrected chi connectivity index (χ1v) is 12.1. The first-order valence-electron chi connectivity index (χ1n) is 9.79. The van der Waals surface area contributed by atoms with E-state index in [2.05, 4.69) is 15.4 Å². The lowest BCUT2D eigenvalue weighted by molar-refractivity contribution is -0.116. The maximum Gasteiger partial charge on any atom is 0.265 e. The first kappa shape index (κ1) is 24.2. The highest BCUT2D eigenvalue weighted by molar-refractivity contribution is 7.89. The molecule has 9 nitrogen and oxygen atoms in total. The molecule has 0 fully saturated rings. The van der Waals surface area contributed by atoms with E-state index in [1.54, 1.807) is 36.4 Å². The normalized spacial score (nSPS) is 11.0. The molecule has 0 aliphatic heterocycles. The molecule has 0 saturated heterocycles. The van der Waals surface area contributed by atoms with Crippen molar-refractivity contribution in [3.05, 3.63) is 64.9 Å². The summed E-state index contributed by atoms with van der Waals surface area (Å²) in [6.07, 6.45) is -0.0850. The molecule has 0 aliphatic carbocycles. The molecule has 2 aromatic carbocycles. The predicted molar refractivity (Wildman–Crippen MR) is 127 cm³/mol. The third kappa shape index (κ3) is 6.54. The number of ether oxygens (including phenoxy) is 2. The number of carbonyl (C=O) groups excluding carboxylic acids is 2. The minimum atomic E-state index is -3.84. The van der Waals surface area contributed by atoms with Crippen LogP contribution in [-0.2, 0) is 14.8 Å². The van der Waals surface area contributed by atoms with Crippen LogP contribution in [0.15, 0.2) is 64.9 Å². The molecule has 1 aromatic heterocycles. The molecule has 0 aliphatic rings. The van der Waals surface area contributed by atoms with Gasteiger partial charge in [-0.25, -0.2) is 13.1 Å². The van der Waals surface area contributed by atoms with Gasteiger partial charge in [-0.05, 0) is 41.8 Å². The van der Waals surface area contributed by atoms with Crippen LogP contribution in [0, 0.1) is 0 Å². The van der Waals surface area contributed by atoms with Crippen molar-refractivity contribution >= 4 is 44.5 Å². The van der Waals surface area contributed by atoms with Crippen molar-refractivity contribution in [2.75, 3.05) is 31.4 Å². The molecule has 0 radical (unpaired) electrons. The highest BCUT2D eigenvalue weighted by Crippen LogP contribution is 2.29. The van der Waals surface area contributed by atoms with Crippen LogP contribution in [0.5, 0.6) is 11.5 Å². The Morgan fingerprint density at radius 3 is 2.30 bits per heavy atom. The fraction of sp³-hybridized carbons (Fsp3) is 0.182. The molecule has 174 valence electrons. The number of carbonyl (C=O) groups is 2. The van der Waals surface area contributed by atoms with Crippen LogP contribution in [0.4, 0.5) is 11.4 Å². The van der Waals surface area contributed by atoms with Gasteiger partial charge < -0.3 is 20.1 Å². The Bertz CT molecular complexity index is 1230. The van der Waals surface area contributed by atoms with Gasteiger partial charge in [0.05, 0.1) is 24.0 Å². The molecule has 0 saturated carbocycles.